The molecule has 1 aromatic heterocycles. The largest absolute Gasteiger partial charge is 0.355 e. The number of fused-ring (bicyclic) bond motifs is 1. The van der Waals surface area contributed by atoms with Gasteiger partial charge >= 0.3 is 0 Å². The van der Waals surface area contributed by atoms with E-state index in [9.17, 15) is 19.3 Å². The van der Waals surface area contributed by atoms with Crippen LogP contribution in [0.5, 0.6) is 0 Å². The van der Waals surface area contributed by atoms with Crippen LogP contribution in [0.25, 0.3) is 10.9 Å². The molecule has 1 amide bonds. The van der Waals surface area contributed by atoms with Crippen LogP contribution in [-0.2, 0) is 11.3 Å². The van der Waals surface area contributed by atoms with Gasteiger partial charge in [-0.3, -0.25) is 14.9 Å². The van der Waals surface area contributed by atoms with Gasteiger partial charge < -0.3 is 14.8 Å². The van der Waals surface area contributed by atoms with Crippen molar-refractivity contribution < 1.29 is 14.1 Å². The van der Waals surface area contributed by atoms with Crippen LogP contribution in [0.4, 0.5) is 10.1 Å². The van der Waals surface area contributed by atoms with Gasteiger partial charge in [0.1, 0.15) is 5.82 Å². The second kappa shape index (κ2) is 11.1. The molecule has 3 aromatic carbocycles. The SMILES string of the molecule is CN(C)CCNC(=O)C[C@@H](c1ccc(F)cc1)c1cn(Cc2ccccc2)c2ccc([N+](=O)[O-])cc12. The van der Waals surface area contributed by atoms with Gasteiger partial charge in [0, 0.05) is 61.2 Å². The number of nitrogens with zero attached hydrogens (tertiary/aromatic N) is 3. The summed E-state index contributed by atoms with van der Waals surface area (Å²) < 4.78 is 15.8. The zero-order valence-electron chi connectivity index (χ0n) is 20.4. The lowest BCUT2D eigenvalue weighted by molar-refractivity contribution is -0.384. The van der Waals surface area contributed by atoms with Gasteiger partial charge in [-0.25, -0.2) is 4.39 Å². The van der Waals surface area contributed by atoms with Crippen LogP contribution < -0.4 is 5.32 Å². The van der Waals surface area contributed by atoms with E-state index in [1.165, 1.54) is 18.2 Å². The van der Waals surface area contributed by atoms with Gasteiger partial charge in [-0.2, -0.15) is 0 Å². The average molecular weight is 489 g/mol. The maximum atomic E-state index is 13.7. The van der Waals surface area contributed by atoms with Crippen LogP contribution in [0.1, 0.15) is 29.0 Å². The second-order valence-electron chi connectivity index (χ2n) is 9.12. The molecule has 1 heterocycles. The monoisotopic (exact) mass is 488 g/mol. The topological polar surface area (TPSA) is 80.4 Å². The molecule has 0 aliphatic heterocycles. The lowest BCUT2D eigenvalue weighted by Gasteiger charge is -2.18. The molecule has 0 radical (unpaired) electrons. The molecule has 1 N–H and O–H groups in total. The number of likely N-dealkylation sites (N-methyl/N-ethyl adjacent to an activating group) is 1. The highest BCUT2D eigenvalue weighted by molar-refractivity contribution is 5.88. The number of nitrogens with one attached hydrogen (secondary N) is 1. The molecule has 8 heteroatoms. The Kier molecular flexibility index (Phi) is 7.75. The first-order chi connectivity index (χ1) is 17.3. The normalized spacial score (nSPS) is 12.1. The van der Waals surface area contributed by atoms with E-state index in [1.807, 2.05) is 60.1 Å². The minimum absolute atomic E-state index is 0.0190. The third kappa shape index (κ3) is 5.95. The molecule has 0 saturated carbocycles. The number of carbonyl (C=O) groups is 1. The molecule has 36 heavy (non-hydrogen) atoms. The molecule has 0 spiro atoms. The summed E-state index contributed by atoms with van der Waals surface area (Å²) >= 11 is 0. The van der Waals surface area contributed by atoms with Gasteiger partial charge in [0.2, 0.25) is 5.91 Å². The van der Waals surface area contributed by atoms with Gasteiger partial charge in [-0.15, -0.1) is 0 Å². The molecule has 186 valence electrons. The summed E-state index contributed by atoms with van der Waals surface area (Å²) in [5.41, 5.74) is 3.46. The molecule has 4 rings (SSSR count). The third-order valence-electron chi connectivity index (χ3n) is 6.22. The van der Waals surface area contributed by atoms with Crippen LogP contribution in [0, 0.1) is 15.9 Å². The predicted molar refractivity (Wildman–Crippen MR) is 139 cm³/mol. The second-order valence-corrected chi connectivity index (χ2v) is 9.12. The molecule has 0 aliphatic carbocycles. The Hall–Kier alpha value is -4.04. The first kappa shape index (κ1) is 25.1. The van der Waals surface area contributed by atoms with Gasteiger partial charge in [0.05, 0.1) is 4.92 Å². The Morgan fingerprint density at radius 3 is 2.47 bits per heavy atom. The zero-order valence-corrected chi connectivity index (χ0v) is 20.4. The molecule has 0 fully saturated rings. The van der Waals surface area contributed by atoms with E-state index in [0.717, 1.165) is 22.2 Å². The van der Waals surface area contributed by atoms with E-state index >= 15 is 0 Å². The first-order valence-electron chi connectivity index (χ1n) is 11.8. The van der Waals surface area contributed by atoms with Crippen molar-refractivity contribution in [3.05, 3.63) is 112 Å². The number of hydrogen-bond acceptors (Lipinski definition) is 4. The number of carbonyl (C=O) groups excluding carboxylic acids is 1. The van der Waals surface area contributed by atoms with Crippen molar-refractivity contribution in [3.63, 3.8) is 0 Å². The molecule has 0 bridgehead atoms. The fraction of sp³-hybridized carbons (Fsp3) is 0.250. The van der Waals surface area contributed by atoms with Crippen LogP contribution in [0.3, 0.4) is 0 Å². The van der Waals surface area contributed by atoms with E-state index in [-0.39, 0.29) is 23.8 Å². The van der Waals surface area contributed by atoms with Gasteiger partial charge in [0.15, 0.2) is 0 Å². The average Bonchev–Trinajstić information content (AvgIpc) is 3.21. The van der Waals surface area contributed by atoms with Crippen LogP contribution in [0.2, 0.25) is 0 Å². The van der Waals surface area contributed by atoms with Crippen molar-refractivity contribution in [2.75, 3.05) is 27.2 Å². The van der Waals surface area contributed by atoms with Crippen molar-refractivity contribution in [3.8, 4) is 0 Å². The maximum Gasteiger partial charge on any atom is 0.270 e. The quantitative estimate of drug-likeness (QED) is 0.253. The highest BCUT2D eigenvalue weighted by atomic mass is 19.1. The maximum absolute atomic E-state index is 13.7. The molecular formula is C28H29FN4O3. The molecule has 0 saturated heterocycles. The van der Waals surface area contributed by atoms with E-state index in [4.69, 9.17) is 0 Å². The van der Waals surface area contributed by atoms with E-state index in [2.05, 4.69) is 5.32 Å². The Labute approximate surface area is 209 Å². The lowest BCUT2D eigenvalue weighted by atomic mass is 9.88. The number of amides is 1. The number of benzene rings is 3. The van der Waals surface area contributed by atoms with E-state index in [0.29, 0.717) is 25.0 Å². The summed E-state index contributed by atoms with van der Waals surface area (Å²) in [6.45, 7) is 1.78. The molecule has 4 aromatic rings. The van der Waals surface area contributed by atoms with Crippen molar-refractivity contribution in [2.24, 2.45) is 0 Å². The molecule has 0 aliphatic rings. The number of halogens is 1. The summed E-state index contributed by atoms with van der Waals surface area (Å²) in [5.74, 6) is -0.915. The van der Waals surface area contributed by atoms with Gasteiger partial charge in [-0.1, -0.05) is 42.5 Å². The summed E-state index contributed by atoms with van der Waals surface area (Å²) in [7, 11) is 3.87. The summed E-state index contributed by atoms with van der Waals surface area (Å²) in [4.78, 5) is 26.1. The fourth-order valence-electron chi connectivity index (χ4n) is 4.39. The summed E-state index contributed by atoms with van der Waals surface area (Å²) in [5, 5.41) is 15.2. The number of non-ortho nitro benzene ring substituents is 1. The number of hydrogen-bond donors (Lipinski definition) is 1. The fourth-order valence-corrected chi connectivity index (χ4v) is 4.39. The highest BCUT2D eigenvalue weighted by Gasteiger charge is 2.24. The Morgan fingerprint density at radius 1 is 1.08 bits per heavy atom. The summed E-state index contributed by atoms with van der Waals surface area (Å²) in [6.07, 6.45) is 2.09. The van der Waals surface area contributed by atoms with Crippen LogP contribution in [-0.4, -0.2) is 47.5 Å². The number of nitro groups is 1. The van der Waals surface area contributed by atoms with Gasteiger partial charge in [-0.05, 0) is 49.0 Å². The van der Waals surface area contributed by atoms with Crippen molar-refractivity contribution in [1.29, 1.82) is 0 Å². The molecule has 0 unspecified atom stereocenters. The number of nitro benzene ring substituents is 1. The molecule has 1 atom stereocenters. The molecule has 7 nitrogen and oxygen atoms in total. The zero-order chi connectivity index (χ0) is 25.7. The minimum atomic E-state index is -0.418. The number of rotatable bonds is 10. The Morgan fingerprint density at radius 2 is 1.81 bits per heavy atom. The summed E-state index contributed by atoms with van der Waals surface area (Å²) in [6, 6.07) is 20.8. The third-order valence-corrected chi connectivity index (χ3v) is 6.22. The first-order valence-corrected chi connectivity index (χ1v) is 11.8. The number of aromatic nitrogens is 1. The van der Waals surface area contributed by atoms with E-state index < -0.39 is 10.8 Å². The minimum Gasteiger partial charge on any atom is -0.355 e. The smallest absolute Gasteiger partial charge is 0.270 e. The molecular weight excluding hydrogens is 459 g/mol. The Bertz CT molecular complexity index is 1350. The Balaban J connectivity index is 1.79. The van der Waals surface area contributed by atoms with Crippen molar-refractivity contribution >= 4 is 22.5 Å². The van der Waals surface area contributed by atoms with Crippen LogP contribution >= 0.6 is 0 Å². The highest BCUT2D eigenvalue weighted by Crippen LogP contribution is 2.36. The predicted octanol–water partition coefficient (Wildman–Crippen LogP) is 4.94. The lowest BCUT2D eigenvalue weighted by Crippen LogP contribution is -2.32. The van der Waals surface area contributed by atoms with Crippen LogP contribution in [0.15, 0.2) is 79.0 Å². The van der Waals surface area contributed by atoms with E-state index in [1.54, 1.807) is 24.3 Å². The van der Waals surface area contributed by atoms with Crippen molar-refractivity contribution in [2.45, 2.75) is 18.9 Å². The standard InChI is InChI=1S/C28H29FN4O3/c1-31(2)15-14-30-28(34)17-24(21-8-10-22(29)11-9-21)26-19-32(18-20-6-4-3-5-7-20)27-13-12-23(33(35)36)16-25(26)27/h3-13,16,19,24H,14-15,17-18H2,1-2H3,(H,30,34)/t24-/m0/s1. The van der Waals surface area contributed by atoms with Gasteiger partial charge in [0.25, 0.3) is 5.69 Å². The van der Waals surface area contributed by atoms with Crippen molar-refractivity contribution in [1.82, 2.24) is 14.8 Å².